The van der Waals surface area contributed by atoms with Gasteiger partial charge in [0.2, 0.25) is 0 Å². The maximum absolute atomic E-state index is 12.8. The Kier molecular flexibility index (Phi) is 5.81. The first-order chi connectivity index (χ1) is 10.6. The van der Waals surface area contributed by atoms with E-state index < -0.39 is 0 Å². The number of nitrogens with zero attached hydrogens (tertiary/aromatic N) is 4. The summed E-state index contributed by atoms with van der Waals surface area (Å²) in [5, 5.41) is 0. The number of carbonyl (C=O) groups is 2. The zero-order valence-corrected chi connectivity index (χ0v) is 14.4. The van der Waals surface area contributed by atoms with E-state index in [1.54, 1.807) is 4.90 Å². The van der Waals surface area contributed by atoms with Crippen LogP contribution in [-0.4, -0.2) is 77.1 Å². The van der Waals surface area contributed by atoms with Gasteiger partial charge in [-0.2, -0.15) is 0 Å². The van der Waals surface area contributed by atoms with Crippen molar-refractivity contribution in [2.24, 2.45) is 5.92 Å². The van der Waals surface area contributed by atoms with E-state index in [1.807, 2.05) is 0 Å². The average molecular weight is 310 g/mol. The highest BCUT2D eigenvalue weighted by atomic mass is 16.2. The SMILES string of the molecule is CCN(CC)CN1C(=O)C(C2CC2)N(CN(CC)CC)C1=O. The second-order valence-corrected chi connectivity index (χ2v) is 6.19. The fourth-order valence-corrected chi connectivity index (χ4v) is 3.07. The number of carbonyl (C=O) groups excluding carboxylic acids is 2. The summed E-state index contributed by atoms with van der Waals surface area (Å²) in [6.45, 7) is 12.7. The maximum atomic E-state index is 12.8. The van der Waals surface area contributed by atoms with Gasteiger partial charge in [-0.05, 0) is 44.9 Å². The standard InChI is InChI=1S/C16H30N4O2/c1-5-17(6-2)11-19-14(13-9-10-13)15(21)20(16(19)22)12-18(7-3)8-4/h13-14H,5-12H2,1-4H3. The Morgan fingerprint density at radius 1 is 0.909 bits per heavy atom. The van der Waals surface area contributed by atoms with Crippen molar-refractivity contribution >= 4 is 11.9 Å². The molecule has 1 saturated carbocycles. The maximum Gasteiger partial charge on any atom is 0.329 e. The number of amides is 3. The summed E-state index contributed by atoms with van der Waals surface area (Å²) < 4.78 is 0. The van der Waals surface area contributed by atoms with E-state index in [-0.39, 0.29) is 18.0 Å². The number of urea groups is 1. The molecule has 22 heavy (non-hydrogen) atoms. The Labute approximate surface area is 134 Å². The molecule has 0 spiro atoms. The van der Waals surface area contributed by atoms with Gasteiger partial charge in [0.1, 0.15) is 6.04 Å². The van der Waals surface area contributed by atoms with Gasteiger partial charge in [-0.25, -0.2) is 9.69 Å². The van der Waals surface area contributed by atoms with Crippen molar-refractivity contribution in [3.63, 3.8) is 0 Å². The van der Waals surface area contributed by atoms with Crippen LogP contribution in [0.25, 0.3) is 0 Å². The van der Waals surface area contributed by atoms with Gasteiger partial charge in [0.25, 0.3) is 5.91 Å². The van der Waals surface area contributed by atoms with E-state index in [0.717, 1.165) is 39.0 Å². The first-order valence-corrected chi connectivity index (χ1v) is 8.63. The van der Waals surface area contributed by atoms with E-state index in [9.17, 15) is 9.59 Å². The van der Waals surface area contributed by atoms with Crippen LogP contribution < -0.4 is 0 Å². The van der Waals surface area contributed by atoms with Gasteiger partial charge in [0.05, 0.1) is 13.3 Å². The van der Waals surface area contributed by atoms with Crippen molar-refractivity contribution in [3.05, 3.63) is 0 Å². The van der Waals surface area contributed by atoms with Crippen LogP contribution in [0.1, 0.15) is 40.5 Å². The van der Waals surface area contributed by atoms with Gasteiger partial charge >= 0.3 is 6.03 Å². The molecule has 1 heterocycles. The van der Waals surface area contributed by atoms with E-state index in [4.69, 9.17) is 0 Å². The molecule has 2 fully saturated rings. The van der Waals surface area contributed by atoms with Gasteiger partial charge in [0.15, 0.2) is 0 Å². The Hall–Kier alpha value is -1.14. The van der Waals surface area contributed by atoms with Crippen LogP contribution in [0.3, 0.4) is 0 Å². The first kappa shape index (κ1) is 17.2. The minimum atomic E-state index is -0.233. The largest absolute Gasteiger partial charge is 0.329 e. The van der Waals surface area contributed by atoms with Crippen molar-refractivity contribution in [1.82, 2.24) is 19.6 Å². The summed E-state index contributed by atoms with van der Waals surface area (Å²) in [6.07, 6.45) is 2.13. The van der Waals surface area contributed by atoms with Gasteiger partial charge in [-0.1, -0.05) is 27.7 Å². The minimum absolute atomic E-state index is 0.00607. The van der Waals surface area contributed by atoms with Crippen molar-refractivity contribution in [2.45, 2.75) is 46.6 Å². The van der Waals surface area contributed by atoms with Crippen molar-refractivity contribution in [3.8, 4) is 0 Å². The minimum Gasteiger partial charge on any atom is -0.299 e. The lowest BCUT2D eigenvalue weighted by molar-refractivity contribution is -0.130. The third kappa shape index (κ3) is 3.43. The number of rotatable bonds is 9. The number of hydrogen-bond donors (Lipinski definition) is 0. The summed E-state index contributed by atoms with van der Waals surface area (Å²) in [6, 6.07) is -0.343. The van der Waals surface area contributed by atoms with E-state index in [1.165, 1.54) is 4.90 Å². The fraction of sp³-hybridized carbons (Fsp3) is 0.875. The summed E-state index contributed by atoms with van der Waals surface area (Å²) >= 11 is 0. The van der Waals surface area contributed by atoms with E-state index in [2.05, 4.69) is 37.5 Å². The second-order valence-electron chi connectivity index (χ2n) is 6.19. The molecule has 2 aliphatic rings. The molecule has 1 saturated heterocycles. The topological polar surface area (TPSA) is 47.1 Å². The van der Waals surface area contributed by atoms with Crippen molar-refractivity contribution in [2.75, 3.05) is 39.5 Å². The van der Waals surface area contributed by atoms with Crippen LogP contribution >= 0.6 is 0 Å². The number of imide groups is 1. The first-order valence-electron chi connectivity index (χ1n) is 8.63. The molecule has 1 aliphatic carbocycles. The Morgan fingerprint density at radius 3 is 1.86 bits per heavy atom. The molecular weight excluding hydrogens is 280 g/mol. The quantitative estimate of drug-likeness (QED) is 0.607. The normalized spacial score (nSPS) is 22.5. The molecule has 1 unspecified atom stereocenters. The molecule has 0 radical (unpaired) electrons. The van der Waals surface area contributed by atoms with Crippen LogP contribution in [0.15, 0.2) is 0 Å². The Balaban J connectivity index is 2.13. The van der Waals surface area contributed by atoms with E-state index in [0.29, 0.717) is 19.3 Å². The molecule has 0 aromatic rings. The Morgan fingerprint density at radius 2 is 1.41 bits per heavy atom. The van der Waals surface area contributed by atoms with Crippen LogP contribution in [0.2, 0.25) is 0 Å². The monoisotopic (exact) mass is 310 g/mol. The zero-order valence-electron chi connectivity index (χ0n) is 14.4. The molecule has 0 bridgehead atoms. The van der Waals surface area contributed by atoms with Crippen LogP contribution in [0.5, 0.6) is 0 Å². The molecule has 6 heteroatoms. The van der Waals surface area contributed by atoms with E-state index >= 15 is 0 Å². The molecule has 0 aromatic carbocycles. The molecule has 6 nitrogen and oxygen atoms in total. The molecule has 3 amide bonds. The zero-order chi connectivity index (χ0) is 16.3. The summed E-state index contributed by atoms with van der Waals surface area (Å²) in [7, 11) is 0. The third-order valence-corrected chi connectivity index (χ3v) is 4.88. The second kappa shape index (κ2) is 7.42. The van der Waals surface area contributed by atoms with Crippen molar-refractivity contribution < 1.29 is 9.59 Å². The summed E-state index contributed by atoms with van der Waals surface area (Å²) in [5.41, 5.74) is 0. The predicted molar refractivity (Wildman–Crippen MR) is 86.2 cm³/mol. The smallest absolute Gasteiger partial charge is 0.299 e. The fourth-order valence-electron chi connectivity index (χ4n) is 3.07. The Bertz CT molecular complexity index is 403. The summed E-state index contributed by atoms with van der Waals surface area (Å²) in [5.74, 6) is 0.375. The highest BCUT2D eigenvalue weighted by Gasteiger charge is 2.52. The lowest BCUT2D eigenvalue weighted by atomic mass is 10.1. The van der Waals surface area contributed by atoms with Gasteiger partial charge in [-0.3, -0.25) is 19.5 Å². The predicted octanol–water partition coefficient (Wildman–Crippen LogP) is 1.63. The van der Waals surface area contributed by atoms with Gasteiger partial charge < -0.3 is 0 Å². The summed E-state index contributed by atoms with van der Waals surface area (Å²) in [4.78, 5) is 33.1. The molecule has 0 aromatic heterocycles. The molecule has 2 rings (SSSR count). The van der Waals surface area contributed by atoms with Crippen molar-refractivity contribution in [1.29, 1.82) is 0 Å². The lowest BCUT2D eigenvalue weighted by Gasteiger charge is -2.29. The molecule has 1 atom stereocenters. The van der Waals surface area contributed by atoms with Crippen LogP contribution in [0.4, 0.5) is 4.79 Å². The van der Waals surface area contributed by atoms with Crippen LogP contribution in [-0.2, 0) is 4.79 Å². The average Bonchev–Trinajstić information content (AvgIpc) is 3.33. The van der Waals surface area contributed by atoms with Crippen LogP contribution in [0, 0.1) is 5.92 Å². The lowest BCUT2D eigenvalue weighted by Crippen LogP contribution is -2.45. The highest BCUT2D eigenvalue weighted by molar-refractivity contribution is 6.04. The molecule has 126 valence electrons. The molecule has 1 aliphatic heterocycles. The van der Waals surface area contributed by atoms with Gasteiger partial charge in [0, 0.05) is 0 Å². The van der Waals surface area contributed by atoms with Gasteiger partial charge in [-0.15, -0.1) is 0 Å². The molecule has 0 N–H and O–H groups in total. The number of hydrogen-bond acceptors (Lipinski definition) is 4. The third-order valence-electron chi connectivity index (χ3n) is 4.88. The highest BCUT2D eigenvalue weighted by Crippen LogP contribution is 2.39. The molecular formula is C16H30N4O2.